The molecule has 0 aromatic heterocycles. The molecule has 0 spiro atoms. The van der Waals surface area contributed by atoms with Crippen molar-refractivity contribution in [2.75, 3.05) is 26.2 Å². The molecule has 1 unspecified atom stereocenters. The summed E-state index contributed by atoms with van der Waals surface area (Å²) in [4.78, 5) is 40.1. The molecule has 1 aliphatic carbocycles. The van der Waals surface area contributed by atoms with Crippen LogP contribution in [0.5, 0.6) is 0 Å². The van der Waals surface area contributed by atoms with E-state index in [1.54, 1.807) is 11.0 Å². The minimum absolute atomic E-state index is 0.0175. The number of halogens is 1. The quantitative estimate of drug-likeness (QED) is 0.281. The van der Waals surface area contributed by atoms with E-state index in [9.17, 15) is 14.4 Å². The number of hydrogen-bond donors (Lipinski definition) is 4. The van der Waals surface area contributed by atoms with Gasteiger partial charge in [0, 0.05) is 32.6 Å². The van der Waals surface area contributed by atoms with Gasteiger partial charge in [-0.25, -0.2) is 4.79 Å². The van der Waals surface area contributed by atoms with Gasteiger partial charge in [0.2, 0.25) is 5.91 Å². The average Bonchev–Trinajstić information content (AvgIpc) is 3.52. The maximum absolute atomic E-state index is 12.6. The Kier molecular flexibility index (Phi) is 7.78. The monoisotopic (exact) mass is 426 g/mol. The molecule has 2 aliphatic heterocycles. The number of amides is 4. The molecule has 9 nitrogen and oxygen atoms in total. The lowest BCUT2D eigenvalue weighted by Gasteiger charge is -2.36. The molecule has 3 fully saturated rings. The Morgan fingerprint density at radius 1 is 1.14 bits per heavy atom. The molecule has 0 aromatic rings. The Morgan fingerprint density at radius 3 is 2.21 bits per heavy atom. The van der Waals surface area contributed by atoms with E-state index in [-0.39, 0.29) is 29.3 Å². The van der Waals surface area contributed by atoms with Crippen molar-refractivity contribution >= 4 is 29.4 Å². The molecule has 6 N–H and O–H groups in total. The Bertz CT molecular complexity index is 694. The van der Waals surface area contributed by atoms with Crippen LogP contribution in [-0.4, -0.2) is 59.4 Å². The minimum Gasteiger partial charge on any atom is -0.389 e. The number of nitrogens with two attached hydrogens (primary N) is 2. The van der Waals surface area contributed by atoms with Crippen LogP contribution in [0.4, 0.5) is 4.79 Å². The summed E-state index contributed by atoms with van der Waals surface area (Å²) in [5.74, 6) is 0.345. The summed E-state index contributed by atoms with van der Waals surface area (Å²) in [6.07, 6.45) is 5.51. The summed E-state index contributed by atoms with van der Waals surface area (Å²) in [5, 5.41) is 5.21. The molecule has 29 heavy (non-hydrogen) atoms. The van der Waals surface area contributed by atoms with Gasteiger partial charge in [-0.3, -0.25) is 14.9 Å². The van der Waals surface area contributed by atoms with Crippen molar-refractivity contribution in [2.24, 2.45) is 17.4 Å². The van der Waals surface area contributed by atoms with Gasteiger partial charge >= 0.3 is 6.03 Å². The minimum atomic E-state index is -0.921. The van der Waals surface area contributed by atoms with Gasteiger partial charge in [-0.1, -0.05) is 25.4 Å². The molecule has 0 aromatic carbocycles. The Hall–Kier alpha value is -2.42. The SMILES string of the molecule is CC.N/C(Cl)=C\C=C(/N)N1CCN(C(=O)CCC2(C3CC3)NC(=O)NC2=O)CC1. The van der Waals surface area contributed by atoms with Gasteiger partial charge in [0.05, 0.1) is 11.0 Å². The summed E-state index contributed by atoms with van der Waals surface area (Å²) in [7, 11) is 0. The zero-order valence-corrected chi connectivity index (χ0v) is 17.8. The lowest BCUT2D eigenvalue weighted by molar-refractivity contribution is -0.133. The Morgan fingerprint density at radius 2 is 1.72 bits per heavy atom. The highest BCUT2D eigenvalue weighted by Crippen LogP contribution is 2.43. The summed E-state index contributed by atoms with van der Waals surface area (Å²) < 4.78 is 0. The number of imide groups is 1. The number of urea groups is 1. The molecule has 162 valence electrons. The Balaban J connectivity index is 0.00000145. The van der Waals surface area contributed by atoms with Crippen LogP contribution in [0.25, 0.3) is 0 Å². The lowest BCUT2D eigenvalue weighted by Crippen LogP contribution is -2.52. The number of allylic oxidation sites excluding steroid dienone is 2. The number of carbonyl (C=O) groups is 3. The standard InChI is InChI=1S/C17H25ClN6O3.C2H6/c18-12(19)3-4-13(20)23-7-9-24(10-8-23)14(25)5-6-17(11-1-2-11)15(26)21-16(27)22-17;1-2/h3-4,11H,1-2,5-10,19-20H2,(H2,21,22,26,27);1-2H3/b12-3-,13-4+;. The predicted molar refractivity (Wildman–Crippen MR) is 111 cm³/mol. The fourth-order valence-electron chi connectivity index (χ4n) is 3.70. The van der Waals surface area contributed by atoms with E-state index in [2.05, 4.69) is 10.6 Å². The molecule has 2 saturated heterocycles. The fourth-order valence-corrected chi connectivity index (χ4v) is 3.76. The summed E-state index contributed by atoms with van der Waals surface area (Å²) in [6.45, 7) is 6.30. The highest BCUT2D eigenvalue weighted by Gasteiger charge is 2.55. The first-order chi connectivity index (χ1) is 13.8. The topological polar surface area (TPSA) is 134 Å². The number of rotatable bonds is 6. The van der Waals surface area contributed by atoms with Crippen LogP contribution >= 0.6 is 11.6 Å². The zero-order valence-electron chi connectivity index (χ0n) is 17.0. The second-order valence-corrected chi connectivity index (χ2v) is 7.60. The van der Waals surface area contributed by atoms with E-state index >= 15 is 0 Å². The number of hydrogen-bond acceptors (Lipinski definition) is 6. The van der Waals surface area contributed by atoms with E-state index < -0.39 is 11.6 Å². The van der Waals surface area contributed by atoms with Gasteiger partial charge in [0.25, 0.3) is 5.91 Å². The van der Waals surface area contributed by atoms with Crippen LogP contribution in [0.1, 0.15) is 39.5 Å². The fraction of sp³-hybridized carbons (Fsp3) is 0.632. The normalized spacial score (nSPS) is 25.2. The van der Waals surface area contributed by atoms with Crippen molar-refractivity contribution in [3.8, 4) is 0 Å². The van der Waals surface area contributed by atoms with E-state index in [0.717, 1.165) is 12.8 Å². The maximum atomic E-state index is 12.6. The molecule has 2 heterocycles. The average molecular weight is 427 g/mol. The Labute approximate surface area is 176 Å². The number of nitrogens with zero attached hydrogens (tertiary/aromatic N) is 2. The molecule has 1 atom stereocenters. The van der Waals surface area contributed by atoms with E-state index in [4.69, 9.17) is 23.1 Å². The number of piperazine rings is 1. The first-order valence-electron chi connectivity index (χ1n) is 10.1. The summed E-state index contributed by atoms with van der Waals surface area (Å²) in [6, 6.07) is -0.471. The molecule has 10 heteroatoms. The van der Waals surface area contributed by atoms with Gasteiger partial charge < -0.3 is 26.6 Å². The van der Waals surface area contributed by atoms with Crippen LogP contribution in [0, 0.1) is 5.92 Å². The third-order valence-electron chi connectivity index (χ3n) is 5.39. The van der Waals surface area contributed by atoms with Crippen LogP contribution in [0.2, 0.25) is 0 Å². The number of carbonyl (C=O) groups excluding carboxylic acids is 3. The van der Waals surface area contributed by atoms with Gasteiger partial charge in [-0.15, -0.1) is 0 Å². The maximum Gasteiger partial charge on any atom is 0.322 e. The van der Waals surface area contributed by atoms with E-state index in [0.29, 0.717) is 38.4 Å². The first kappa shape index (κ1) is 22.9. The molecule has 3 aliphatic rings. The largest absolute Gasteiger partial charge is 0.389 e. The zero-order chi connectivity index (χ0) is 21.6. The molecular formula is C19H31ClN6O3. The van der Waals surface area contributed by atoms with E-state index in [1.165, 1.54) is 6.08 Å². The van der Waals surface area contributed by atoms with E-state index in [1.807, 2.05) is 18.7 Å². The van der Waals surface area contributed by atoms with Crippen LogP contribution in [0.15, 0.2) is 23.1 Å². The third kappa shape index (κ3) is 5.56. The van der Waals surface area contributed by atoms with Crippen molar-refractivity contribution < 1.29 is 14.4 Å². The van der Waals surface area contributed by atoms with Crippen LogP contribution in [-0.2, 0) is 9.59 Å². The van der Waals surface area contributed by atoms with Gasteiger partial charge in [-0.05, 0) is 37.3 Å². The summed E-state index contributed by atoms with van der Waals surface area (Å²) in [5.41, 5.74) is 10.4. The molecule has 0 radical (unpaired) electrons. The van der Waals surface area contributed by atoms with Crippen molar-refractivity contribution in [3.63, 3.8) is 0 Å². The third-order valence-corrected chi connectivity index (χ3v) is 5.51. The highest BCUT2D eigenvalue weighted by molar-refractivity contribution is 6.29. The van der Waals surface area contributed by atoms with Crippen molar-refractivity contribution in [3.05, 3.63) is 23.1 Å². The smallest absolute Gasteiger partial charge is 0.322 e. The number of nitrogens with one attached hydrogen (secondary N) is 2. The van der Waals surface area contributed by atoms with Crippen molar-refractivity contribution in [2.45, 2.75) is 45.1 Å². The van der Waals surface area contributed by atoms with Gasteiger partial charge in [0.1, 0.15) is 5.54 Å². The van der Waals surface area contributed by atoms with Gasteiger partial charge in [0.15, 0.2) is 0 Å². The second-order valence-electron chi connectivity index (χ2n) is 7.16. The van der Waals surface area contributed by atoms with Crippen molar-refractivity contribution in [1.29, 1.82) is 0 Å². The predicted octanol–water partition coefficient (Wildman–Crippen LogP) is 0.764. The summed E-state index contributed by atoms with van der Waals surface area (Å²) >= 11 is 5.58. The molecule has 0 bridgehead atoms. The molecule has 1 saturated carbocycles. The van der Waals surface area contributed by atoms with Crippen LogP contribution < -0.4 is 22.1 Å². The molecular weight excluding hydrogens is 396 g/mol. The van der Waals surface area contributed by atoms with Crippen molar-refractivity contribution in [1.82, 2.24) is 20.4 Å². The van der Waals surface area contributed by atoms with Crippen LogP contribution in [0.3, 0.4) is 0 Å². The molecule has 4 amide bonds. The molecule has 3 rings (SSSR count). The second kappa shape index (κ2) is 9.87. The highest BCUT2D eigenvalue weighted by atomic mass is 35.5. The first-order valence-corrected chi connectivity index (χ1v) is 10.4. The van der Waals surface area contributed by atoms with Gasteiger partial charge in [-0.2, -0.15) is 0 Å². The lowest BCUT2D eigenvalue weighted by atomic mass is 9.87.